The minimum atomic E-state index is -6.00. The molecule has 0 saturated heterocycles. The lowest BCUT2D eigenvalue weighted by Crippen LogP contribution is -2.07. The van der Waals surface area contributed by atoms with Gasteiger partial charge in [0.2, 0.25) is 5.39 Å². The van der Waals surface area contributed by atoms with Gasteiger partial charge in [-0.15, -0.1) is 5.11 Å². The summed E-state index contributed by atoms with van der Waals surface area (Å²) in [7, 11) is -6.00. The largest absolute Gasteiger partial charge is 0.673 e. The van der Waals surface area contributed by atoms with Crippen molar-refractivity contribution in [1.29, 1.82) is 5.39 Å². The van der Waals surface area contributed by atoms with E-state index in [1.807, 2.05) is 20.8 Å². The van der Waals surface area contributed by atoms with Crippen molar-refractivity contribution in [1.82, 2.24) is 0 Å². The lowest BCUT2D eigenvalue weighted by molar-refractivity contribution is 0.368. The first-order chi connectivity index (χ1) is 9.33. The molecule has 0 aliphatic carbocycles. The number of halogens is 6. The van der Waals surface area contributed by atoms with E-state index in [1.165, 1.54) is 12.1 Å². The predicted molar refractivity (Wildman–Crippen MR) is 75.7 cm³/mol. The fourth-order valence-corrected chi connectivity index (χ4v) is 1.45. The van der Waals surface area contributed by atoms with Crippen LogP contribution in [0.3, 0.4) is 0 Å². The van der Waals surface area contributed by atoms with Gasteiger partial charge in [0.05, 0.1) is 5.54 Å². The van der Waals surface area contributed by atoms with Crippen LogP contribution in [0.5, 0.6) is 0 Å². The minimum absolute atomic E-state index is 0.166. The summed E-state index contributed by atoms with van der Waals surface area (Å²) in [6.45, 7) is 5.70. The van der Waals surface area contributed by atoms with Gasteiger partial charge in [-0.3, -0.25) is 0 Å². The number of diazo groups is 1. The molecule has 0 unspecified atom stereocenters. The number of benzene rings is 1. The van der Waals surface area contributed by atoms with Gasteiger partial charge < -0.3 is 17.3 Å². The molecule has 0 fully saturated rings. The van der Waals surface area contributed by atoms with E-state index < -0.39 is 7.25 Å². The number of nitrogens with zero attached hydrogens (tertiary/aromatic N) is 4. The zero-order chi connectivity index (χ0) is 16.8. The Morgan fingerprint density at radius 3 is 2.00 bits per heavy atom. The molecule has 116 valence electrons. The highest BCUT2D eigenvalue weighted by Crippen LogP contribution is 2.38. The molecule has 1 rings (SSSR count). The molecule has 11 heteroatoms. The summed E-state index contributed by atoms with van der Waals surface area (Å²) in [6.07, 6.45) is 0. The summed E-state index contributed by atoms with van der Waals surface area (Å²) in [6, 6.07) is 3.02. The van der Waals surface area contributed by atoms with Crippen LogP contribution < -0.4 is 0 Å². The van der Waals surface area contributed by atoms with Crippen LogP contribution in [0.25, 0.3) is 4.98 Å². The molecule has 1 aromatic carbocycles. The van der Waals surface area contributed by atoms with E-state index in [9.17, 15) is 17.3 Å². The smallest absolute Gasteiger partial charge is 0.418 e. The monoisotopic (exact) mass is 344 g/mol. The van der Waals surface area contributed by atoms with E-state index in [4.69, 9.17) is 28.6 Å². The van der Waals surface area contributed by atoms with E-state index in [1.54, 1.807) is 0 Å². The van der Waals surface area contributed by atoms with Crippen LogP contribution in [-0.2, 0) is 0 Å². The van der Waals surface area contributed by atoms with Crippen LogP contribution in [0.15, 0.2) is 22.4 Å². The van der Waals surface area contributed by atoms with Crippen LogP contribution >= 0.6 is 23.2 Å². The van der Waals surface area contributed by atoms with Gasteiger partial charge in [0.15, 0.2) is 10.7 Å². The Bertz CT molecular complexity index is 558. The van der Waals surface area contributed by atoms with Gasteiger partial charge in [0.1, 0.15) is 5.02 Å². The zero-order valence-electron chi connectivity index (χ0n) is 11.3. The van der Waals surface area contributed by atoms with Crippen molar-refractivity contribution in [3.63, 3.8) is 0 Å². The van der Waals surface area contributed by atoms with Crippen molar-refractivity contribution in [3.05, 3.63) is 27.2 Å². The molecule has 0 aliphatic rings. The van der Waals surface area contributed by atoms with E-state index in [-0.39, 0.29) is 16.2 Å². The van der Waals surface area contributed by atoms with Gasteiger partial charge in [-0.1, -0.05) is 23.2 Å². The molecular weight excluding hydrogens is 334 g/mol. The molecule has 21 heavy (non-hydrogen) atoms. The topological polar surface area (TPSA) is 52.9 Å². The third-order valence-corrected chi connectivity index (χ3v) is 2.07. The average Bonchev–Trinajstić information content (AvgIpc) is 2.22. The maximum absolute atomic E-state index is 9.75. The lowest BCUT2D eigenvalue weighted by Gasteiger charge is -2.08. The average molecular weight is 345 g/mol. The Hall–Kier alpha value is -1.40. The summed E-state index contributed by atoms with van der Waals surface area (Å²) in [4.78, 5) is 3.07. The van der Waals surface area contributed by atoms with Crippen molar-refractivity contribution >= 4 is 41.8 Å². The van der Waals surface area contributed by atoms with Gasteiger partial charge >= 0.3 is 12.9 Å². The van der Waals surface area contributed by atoms with Crippen LogP contribution in [0.1, 0.15) is 20.8 Å². The normalized spacial score (nSPS) is 11.8. The molecule has 1 aromatic rings. The summed E-state index contributed by atoms with van der Waals surface area (Å²) < 4.78 is 39.0. The first-order valence-electron chi connectivity index (χ1n) is 5.48. The van der Waals surface area contributed by atoms with E-state index in [0.29, 0.717) is 10.7 Å². The van der Waals surface area contributed by atoms with Crippen molar-refractivity contribution in [2.45, 2.75) is 26.3 Å². The second kappa shape index (κ2) is 7.57. The van der Waals surface area contributed by atoms with Crippen LogP contribution in [-0.4, -0.2) is 12.8 Å². The van der Waals surface area contributed by atoms with E-state index >= 15 is 0 Å². The van der Waals surface area contributed by atoms with Crippen LogP contribution in [0.2, 0.25) is 10.0 Å². The van der Waals surface area contributed by atoms with Crippen LogP contribution in [0.4, 0.5) is 28.6 Å². The molecule has 0 bridgehead atoms. The van der Waals surface area contributed by atoms with Gasteiger partial charge in [0, 0.05) is 5.02 Å². The summed E-state index contributed by atoms with van der Waals surface area (Å²) in [5, 5.41) is 17.5. The molecule has 0 atom stereocenters. The molecule has 0 saturated carbocycles. The first-order valence-corrected chi connectivity index (χ1v) is 6.23. The van der Waals surface area contributed by atoms with Gasteiger partial charge in [0.25, 0.3) is 0 Å². The highest BCUT2D eigenvalue weighted by atomic mass is 35.5. The highest BCUT2D eigenvalue weighted by Gasteiger charge is 2.21. The van der Waals surface area contributed by atoms with E-state index in [0.717, 1.165) is 0 Å². The van der Waals surface area contributed by atoms with Crippen molar-refractivity contribution < 1.29 is 17.3 Å². The summed E-state index contributed by atoms with van der Waals surface area (Å²) >= 11 is 11.7. The highest BCUT2D eigenvalue weighted by molar-refractivity contribution is 6.50. The minimum Gasteiger partial charge on any atom is -0.418 e. The maximum atomic E-state index is 9.75. The number of hydrogen-bond acceptors (Lipinski definition) is 3. The Balaban J connectivity index is 0.000000690. The summed E-state index contributed by atoms with van der Waals surface area (Å²) in [5.41, 5.74) is 0.190. The van der Waals surface area contributed by atoms with Crippen molar-refractivity contribution in [3.8, 4) is 0 Å². The third-order valence-electron chi connectivity index (χ3n) is 1.57. The maximum Gasteiger partial charge on any atom is 0.673 e. The van der Waals surface area contributed by atoms with Crippen molar-refractivity contribution in [2.75, 3.05) is 0 Å². The molecule has 0 aromatic heterocycles. The van der Waals surface area contributed by atoms with Crippen molar-refractivity contribution in [2.24, 2.45) is 10.2 Å². The standard InChI is InChI=1S/C10H11Cl2N4.BF4/c1-10(2,3)16-15-8-5-6(11)4-7(12)9(8)14-13;2-1(3,4)5/h4-5H,1-3H3;/q+1;-1. The Morgan fingerprint density at radius 2 is 1.62 bits per heavy atom. The van der Waals surface area contributed by atoms with Gasteiger partial charge in [-0.25, -0.2) is 0 Å². The number of azo groups is 1. The molecule has 4 nitrogen and oxygen atoms in total. The third kappa shape index (κ3) is 10.0. The molecule has 0 heterocycles. The fraction of sp³-hybridized carbons (Fsp3) is 0.400. The lowest BCUT2D eigenvalue weighted by atomic mass is 10.1. The second-order valence-corrected chi connectivity index (χ2v) is 5.56. The molecule has 0 radical (unpaired) electrons. The molecule has 0 spiro atoms. The summed E-state index contributed by atoms with van der Waals surface area (Å²) in [5.74, 6) is 0. The Morgan fingerprint density at radius 1 is 1.14 bits per heavy atom. The predicted octanol–water partition coefficient (Wildman–Crippen LogP) is 6.66. The first kappa shape index (κ1) is 19.6. The number of hydrogen-bond donors (Lipinski definition) is 0. The molecular formula is C10H11BCl2F4N4. The Kier molecular flexibility index (Phi) is 7.06. The molecule has 0 aliphatic heterocycles. The second-order valence-electron chi connectivity index (χ2n) is 4.72. The number of rotatable bonds is 1. The van der Waals surface area contributed by atoms with Gasteiger partial charge in [-0.05, 0) is 32.9 Å². The van der Waals surface area contributed by atoms with Crippen LogP contribution in [0, 0.1) is 5.39 Å². The SMILES string of the molecule is CC(C)(C)N=Nc1cc(Cl)cc(Cl)c1[N+]#N.F[B-](F)(F)F. The molecule has 0 N–H and O–H groups in total. The molecule has 0 amide bonds. The zero-order valence-corrected chi connectivity index (χ0v) is 12.8. The van der Waals surface area contributed by atoms with E-state index in [2.05, 4.69) is 15.2 Å². The quantitative estimate of drug-likeness (QED) is 0.243. The van der Waals surface area contributed by atoms with Gasteiger partial charge in [-0.2, -0.15) is 5.11 Å². The Labute approximate surface area is 128 Å². The fourth-order valence-electron chi connectivity index (χ4n) is 0.931.